The second-order valence-corrected chi connectivity index (χ2v) is 10.7. The van der Waals surface area contributed by atoms with Crippen molar-refractivity contribution in [2.24, 2.45) is 5.14 Å². The van der Waals surface area contributed by atoms with E-state index >= 15 is 0 Å². The highest BCUT2D eigenvalue weighted by atomic mass is 32.2. The van der Waals surface area contributed by atoms with E-state index in [0.29, 0.717) is 26.6 Å². The fourth-order valence-electron chi connectivity index (χ4n) is 3.53. The lowest BCUT2D eigenvalue weighted by molar-refractivity contribution is -0.113. The molecule has 1 amide bonds. The molecule has 1 aromatic carbocycles. The van der Waals surface area contributed by atoms with Crippen LogP contribution in [0.15, 0.2) is 33.0 Å². The van der Waals surface area contributed by atoms with Gasteiger partial charge in [-0.05, 0) is 55.9 Å². The second kappa shape index (κ2) is 8.14. The molecule has 4 rings (SSSR count). The van der Waals surface area contributed by atoms with E-state index in [1.54, 1.807) is 30.4 Å². The van der Waals surface area contributed by atoms with Gasteiger partial charge in [-0.3, -0.25) is 9.59 Å². The fourth-order valence-corrected chi connectivity index (χ4v) is 6.32. The Balaban J connectivity index is 1.48. The first-order valence-electron chi connectivity index (χ1n) is 9.33. The van der Waals surface area contributed by atoms with Crippen LogP contribution in [0.25, 0.3) is 10.2 Å². The lowest BCUT2D eigenvalue weighted by Gasteiger charge is -2.09. The van der Waals surface area contributed by atoms with Gasteiger partial charge in [-0.2, -0.15) is 0 Å². The zero-order valence-electron chi connectivity index (χ0n) is 16.1. The van der Waals surface area contributed by atoms with Crippen LogP contribution in [0, 0.1) is 6.92 Å². The van der Waals surface area contributed by atoms with Crippen LogP contribution in [0.4, 0.5) is 5.69 Å². The molecule has 0 bridgehead atoms. The number of nitrogens with zero attached hydrogens (tertiary/aromatic N) is 1. The Kier molecular flexibility index (Phi) is 5.71. The van der Waals surface area contributed by atoms with Gasteiger partial charge in [-0.25, -0.2) is 18.5 Å². The molecule has 4 N–H and O–H groups in total. The molecular formula is C19H20N4O4S3. The molecule has 2 aromatic heterocycles. The van der Waals surface area contributed by atoms with Crippen LogP contribution in [0.5, 0.6) is 0 Å². The molecular weight excluding hydrogens is 444 g/mol. The number of thioether (sulfide) groups is 1. The van der Waals surface area contributed by atoms with Crippen molar-refractivity contribution in [3.8, 4) is 0 Å². The third-order valence-corrected chi connectivity index (χ3v) is 8.03. The summed E-state index contributed by atoms with van der Waals surface area (Å²) in [5.41, 5.74) is 1.78. The largest absolute Gasteiger partial charge is 0.325 e. The van der Waals surface area contributed by atoms with Gasteiger partial charge in [0.15, 0.2) is 5.16 Å². The minimum absolute atomic E-state index is 0.0120. The number of H-pyrrole nitrogens is 1. The number of benzene rings is 1. The van der Waals surface area contributed by atoms with Gasteiger partial charge in [0.25, 0.3) is 5.56 Å². The van der Waals surface area contributed by atoms with Crippen molar-refractivity contribution in [3.05, 3.63) is 44.6 Å². The van der Waals surface area contributed by atoms with Gasteiger partial charge in [-0.15, -0.1) is 11.3 Å². The first kappa shape index (κ1) is 21.0. The number of hydrogen-bond acceptors (Lipinski definition) is 7. The molecule has 0 atom stereocenters. The molecule has 11 heteroatoms. The number of primary sulfonamides is 1. The predicted molar refractivity (Wildman–Crippen MR) is 119 cm³/mol. The Hall–Kier alpha value is -2.21. The maximum Gasteiger partial charge on any atom is 0.260 e. The van der Waals surface area contributed by atoms with E-state index in [4.69, 9.17) is 5.14 Å². The van der Waals surface area contributed by atoms with Crippen molar-refractivity contribution < 1.29 is 13.2 Å². The number of carbonyl (C=O) groups excluding carboxylic acids is 1. The van der Waals surface area contributed by atoms with E-state index in [9.17, 15) is 18.0 Å². The number of rotatable bonds is 5. The number of thiophene rings is 1. The molecule has 158 valence electrons. The van der Waals surface area contributed by atoms with E-state index in [0.717, 1.165) is 43.0 Å². The highest BCUT2D eigenvalue weighted by Gasteiger charge is 2.20. The highest BCUT2D eigenvalue weighted by molar-refractivity contribution is 7.99. The minimum Gasteiger partial charge on any atom is -0.325 e. The quantitative estimate of drug-likeness (QED) is 0.392. The fraction of sp³-hybridized carbons (Fsp3) is 0.316. The SMILES string of the molecule is Cc1ccc(NC(=O)CSc2nc3sc4c(c3c(=O)[nH]2)CCCC4)cc1S(N)(=O)=O. The Labute approximate surface area is 181 Å². The summed E-state index contributed by atoms with van der Waals surface area (Å²) in [7, 11) is -3.88. The van der Waals surface area contributed by atoms with Crippen LogP contribution in [0.1, 0.15) is 28.8 Å². The van der Waals surface area contributed by atoms with Crippen LogP contribution in [0.2, 0.25) is 0 Å². The van der Waals surface area contributed by atoms with Crippen molar-refractivity contribution in [2.75, 3.05) is 11.1 Å². The van der Waals surface area contributed by atoms with E-state index < -0.39 is 10.0 Å². The number of amides is 1. The average Bonchev–Trinajstić information content (AvgIpc) is 3.06. The van der Waals surface area contributed by atoms with Crippen molar-refractivity contribution in [3.63, 3.8) is 0 Å². The number of aryl methyl sites for hydroxylation is 3. The maximum absolute atomic E-state index is 12.6. The molecule has 2 heterocycles. The summed E-state index contributed by atoms with van der Waals surface area (Å²) in [5, 5.41) is 8.91. The van der Waals surface area contributed by atoms with Gasteiger partial charge >= 0.3 is 0 Å². The van der Waals surface area contributed by atoms with Gasteiger partial charge < -0.3 is 10.3 Å². The van der Waals surface area contributed by atoms with Crippen LogP contribution in [0.3, 0.4) is 0 Å². The summed E-state index contributed by atoms with van der Waals surface area (Å²) in [4.78, 5) is 34.1. The number of aromatic nitrogens is 2. The molecule has 30 heavy (non-hydrogen) atoms. The number of hydrogen-bond donors (Lipinski definition) is 3. The second-order valence-electron chi connectivity index (χ2n) is 7.12. The third kappa shape index (κ3) is 4.29. The van der Waals surface area contributed by atoms with Crippen LogP contribution < -0.4 is 16.0 Å². The molecule has 0 radical (unpaired) electrons. The van der Waals surface area contributed by atoms with Crippen LogP contribution >= 0.6 is 23.1 Å². The maximum atomic E-state index is 12.6. The number of fused-ring (bicyclic) bond motifs is 3. The highest BCUT2D eigenvalue weighted by Crippen LogP contribution is 2.34. The molecule has 3 aromatic rings. The van der Waals surface area contributed by atoms with Gasteiger partial charge in [0.05, 0.1) is 16.0 Å². The number of aromatic amines is 1. The third-order valence-electron chi connectivity index (χ3n) is 4.92. The van der Waals surface area contributed by atoms with Crippen molar-refractivity contribution >= 4 is 54.9 Å². The van der Waals surface area contributed by atoms with Crippen molar-refractivity contribution in [1.29, 1.82) is 0 Å². The predicted octanol–water partition coefficient (Wildman–Crippen LogP) is 2.55. The summed E-state index contributed by atoms with van der Waals surface area (Å²) < 4.78 is 23.3. The van der Waals surface area contributed by atoms with E-state index in [2.05, 4.69) is 15.3 Å². The molecule has 1 aliphatic rings. The molecule has 0 saturated carbocycles. The van der Waals surface area contributed by atoms with Gasteiger partial charge in [0, 0.05) is 10.6 Å². The van der Waals surface area contributed by atoms with Crippen molar-refractivity contribution in [2.45, 2.75) is 42.7 Å². The summed E-state index contributed by atoms with van der Waals surface area (Å²) in [6.45, 7) is 1.63. The van der Waals surface area contributed by atoms with Crippen LogP contribution in [-0.4, -0.2) is 30.0 Å². The molecule has 0 spiro atoms. The number of nitrogens with two attached hydrogens (primary N) is 1. The Bertz CT molecular complexity index is 1310. The van der Waals surface area contributed by atoms with Crippen molar-refractivity contribution in [1.82, 2.24) is 9.97 Å². The zero-order valence-corrected chi connectivity index (χ0v) is 18.6. The zero-order chi connectivity index (χ0) is 21.5. The molecule has 1 aliphatic carbocycles. The smallest absolute Gasteiger partial charge is 0.260 e. The average molecular weight is 465 g/mol. The van der Waals surface area contributed by atoms with E-state index in [-0.39, 0.29) is 22.1 Å². The monoisotopic (exact) mass is 464 g/mol. The summed E-state index contributed by atoms with van der Waals surface area (Å²) in [6, 6.07) is 4.51. The first-order valence-corrected chi connectivity index (χ1v) is 12.7. The lowest BCUT2D eigenvalue weighted by Crippen LogP contribution is -2.17. The summed E-state index contributed by atoms with van der Waals surface area (Å²) in [6.07, 6.45) is 4.11. The number of anilines is 1. The number of nitrogens with one attached hydrogen (secondary N) is 2. The summed E-state index contributed by atoms with van der Waals surface area (Å²) >= 11 is 2.68. The van der Waals surface area contributed by atoms with Crippen LogP contribution in [-0.2, 0) is 27.7 Å². The molecule has 0 fully saturated rings. The summed E-state index contributed by atoms with van der Waals surface area (Å²) in [5.74, 6) is -0.338. The topological polar surface area (TPSA) is 135 Å². The molecule has 0 unspecified atom stereocenters. The Morgan fingerprint density at radius 3 is 2.87 bits per heavy atom. The van der Waals surface area contributed by atoms with Gasteiger partial charge in [0.1, 0.15) is 4.83 Å². The standard InChI is InChI=1S/C19H20N4O4S3/c1-10-6-7-11(8-14(10)30(20,26)27)21-15(24)9-28-19-22-17(25)16-12-4-2-3-5-13(12)29-18(16)23-19/h6-8H,2-5,9H2,1H3,(H,21,24)(H2,20,26,27)(H,22,23,25). The molecule has 0 aliphatic heterocycles. The van der Waals surface area contributed by atoms with Gasteiger partial charge in [0.2, 0.25) is 15.9 Å². The Morgan fingerprint density at radius 2 is 2.10 bits per heavy atom. The van der Waals surface area contributed by atoms with E-state index in [1.165, 1.54) is 10.9 Å². The Morgan fingerprint density at radius 1 is 1.33 bits per heavy atom. The minimum atomic E-state index is -3.88. The lowest BCUT2D eigenvalue weighted by atomic mass is 9.97. The number of sulfonamides is 1. The molecule has 8 nitrogen and oxygen atoms in total. The number of carbonyl (C=O) groups is 1. The first-order chi connectivity index (χ1) is 14.2. The van der Waals surface area contributed by atoms with Gasteiger partial charge in [-0.1, -0.05) is 17.8 Å². The normalized spacial score (nSPS) is 13.9. The molecule has 0 saturated heterocycles. The van der Waals surface area contributed by atoms with E-state index in [1.807, 2.05) is 0 Å².